The summed E-state index contributed by atoms with van der Waals surface area (Å²) in [5, 5.41) is 11.5. The van der Waals surface area contributed by atoms with Crippen LogP contribution in [0, 0.1) is 19.8 Å². The van der Waals surface area contributed by atoms with E-state index in [0.29, 0.717) is 17.7 Å². The smallest absolute Gasteiger partial charge is 0.326 e. The van der Waals surface area contributed by atoms with E-state index in [9.17, 15) is 9.59 Å². The molecule has 0 saturated heterocycles. The second-order valence-electron chi connectivity index (χ2n) is 4.86. The lowest BCUT2D eigenvalue weighted by molar-refractivity contribution is -0.139. The van der Waals surface area contributed by atoms with Crippen LogP contribution in [0.2, 0.25) is 0 Å². The molecule has 1 heterocycles. The first kappa shape index (κ1) is 14.3. The summed E-state index contributed by atoms with van der Waals surface area (Å²) in [4.78, 5) is 23.0. The SMILES string of the molecule is Cc1cc(C)c(C(=O)N[C@@H](CC(C)C)C(=O)O)o1. The Balaban J connectivity index is 2.78. The first-order valence-corrected chi connectivity index (χ1v) is 5.92. The maximum atomic E-state index is 11.9. The van der Waals surface area contributed by atoms with E-state index in [0.717, 1.165) is 0 Å². The van der Waals surface area contributed by atoms with E-state index in [1.165, 1.54) is 0 Å². The molecule has 2 N–H and O–H groups in total. The lowest BCUT2D eigenvalue weighted by Crippen LogP contribution is -2.41. The molecule has 0 unspecified atom stereocenters. The first-order chi connectivity index (χ1) is 8.31. The third-order valence-corrected chi connectivity index (χ3v) is 2.56. The van der Waals surface area contributed by atoms with Crippen LogP contribution in [0.25, 0.3) is 0 Å². The summed E-state index contributed by atoms with van der Waals surface area (Å²) in [7, 11) is 0. The van der Waals surface area contributed by atoms with E-state index in [1.807, 2.05) is 13.8 Å². The van der Waals surface area contributed by atoms with E-state index in [4.69, 9.17) is 9.52 Å². The van der Waals surface area contributed by atoms with Crippen molar-refractivity contribution in [2.24, 2.45) is 5.92 Å². The van der Waals surface area contributed by atoms with Gasteiger partial charge in [0, 0.05) is 5.56 Å². The zero-order chi connectivity index (χ0) is 13.9. The summed E-state index contributed by atoms with van der Waals surface area (Å²) in [6, 6.07) is 0.856. The van der Waals surface area contributed by atoms with E-state index < -0.39 is 17.9 Å². The summed E-state index contributed by atoms with van der Waals surface area (Å²) < 4.78 is 5.26. The molecule has 1 amide bonds. The Hall–Kier alpha value is -1.78. The van der Waals surface area contributed by atoms with Crippen LogP contribution in [0.1, 0.15) is 42.1 Å². The predicted molar refractivity (Wildman–Crippen MR) is 66.5 cm³/mol. The summed E-state index contributed by atoms with van der Waals surface area (Å²) >= 11 is 0. The molecular formula is C13H19NO4. The van der Waals surface area contributed by atoms with Crippen LogP contribution in [-0.4, -0.2) is 23.0 Å². The minimum Gasteiger partial charge on any atom is -0.480 e. The van der Waals surface area contributed by atoms with Gasteiger partial charge in [-0.25, -0.2) is 4.79 Å². The van der Waals surface area contributed by atoms with E-state index in [-0.39, 0.29) is 11.7 Å². The second-order valence-corrected chi connectivity index (χ2v) is 4.86. The number of aliphatic carboxylic acids is 1. The van der Waals surface area contributed by atoms with Crippen molar-refractivity contribution in [3.63, 3.8) is 0 Å². The van der Waals surface area contributed by atoms with Gasteiger partial charge in [0.05, 0.1) is 0 Å². The number of carbonyl (C=O) groups is 2. The third-order valence-electron chi connectivity index (χ3n) is 2.56. The Morgan fingerprint density at radius 2 is 2.00 bits per heavy atom. The molecule has 0 bridgehead atoms. The molecule has 1 aromatic rings. The monoisotopic (exact) mass is 253 g/mol. The molecule has 0 aliphatic carbocycles. The van der Waals surface area contributed by atoms with Crippen LogP contribution in [0.4, 0.5) is 0 Å². The molecular weight excluding hydrogens is 234 g/mol. The maximum Gasteiger partial charge on any atom is 0.326 e. The van der Waals surface area contributed by atoms with Crippen LogP contribution < -0.4 is 5.32 Å². The molecule has 100 valence electrons. The van der Waals surface area contributed by atoms with Crippen molar-refractivity contribution in [2.75, 3.05) is 0 Å². The van der Waals surface area contributed by atoms with Crippen molar-refractivity contribution >= 4 is 11.9 Å². The van der Waals surface area contributed by atoms with Gasteiger partial charge in [-0.15, -0.1) is 0 Å². The first-order valence-electron chi connectivity index (χ1n) is 5.92. The van der Waals surface area contributed by atoms with Crippen LogP contribution in [0.3, 0.4) is 0 Å². The zero-order valence-electron chi connectivity index (χ0n) is 11.1. The van der Waals surface area contributed by atoms with Crippen LogP contribution in [0.15, 0.2) is 10.5 Å². The van der Waals surface area contributed by atoms with E-state index in [1.54, 1.807) is 19.9 Å². The Kier molecular flexibility index (Phi) is 4.53. The molecule has 0 fully saturated rings. The number of furan rings is 1. The molecule has 0 spiro atoms. The maximum absolute atomic E-state index is 11.9. The van der Waals surface area contributed by atoms with Crippen molar-refractivity contribution in [1.82, 2.24) is 5.32 Å². The fraction of sp³-hybridized carbons (Fsp3) is 0.538. The van der Waals surface area contributed by atoms with Crippen molar-refractivity contribution in [1.29, 1.82) is 0 Å². The Morgan fingerprint density at radius 3 is 2.39 bits per heavy atom. The second kappa shape index (κ2) is 5.71. The average Bonchev–Trinajstić information content (AvgIpc) is 2.56. The topological polar surface area (TPSA) is 79.5 Å². The lowest BCUT2D eigenvalue weighted by Gasteiger charge is -2.15. The fourth-order valence-electron chi connectivity index (χ4n) is 1.78. The molecule has 1 atom stereocenters. The molecule has 18 heavy (non-hydrogen) atoms. The van der Waals surface area contributed by atoms with Crippen molar-refractivity contribution in [3.05, 3.63) is 23.2 Å². The summed E-state index contributed by atoms with van der Waals surface area (Å²) in [6.07, 6.45) is 0.389. The Morgan fingerprint density at radius 1 is 1.39 bits per heavy atom. The Bertz CT molecular complexity index is 448. The van der Waals surface area contributed by atoms with Gasteiger partial charge in [-0.3, -0.25) is 4.79 Å². The van der Waals surface area contributed by atoms with Crippen molar-refractivity contribution in [2.45, 2.75) is 40.2 Å². The highest BCUT2D eigenvalue weighted by atomic mass is 16.4. The van der Waals surface area contributed by atoms with Gasteiger partial charge in [0.2, 0.25) is 0 Å². The van der Waals surface area contributed by atoms with Gasteiger partial charge in [0.25, 0.3) is 5.91 Å². The predicted octanol–water partition coefficient (Wildman–Crippen LogP) is 2.13. The lowest BCUT2D eigenvalue weighted by atomic mass is 10.0. The number of hydrogen-bond acceptors (Lipinski definition) is 3. The molecule has 1 rings (SSSR count). The van der Waals surface area contributed by atoms with Crippen LogP contribution in [-0.2, 0) is 4.79 Å². The van der Waals surface area contributed by atoms with Crippen LogP contribution in [0.5, 0.6) is 0 Å². The molecule has 0 aliphatic rings. The van der Waals surface area contributed by atoms with Crippen molar-refractivity contribution < 1.29 is 19.1 Å². The number of hydrogen-bond donors (Lipinski definition) is 2. The Labute approximate surface area is 106 Å². The van der Waals surface area contributed by atoms with Crippen molar-refractivity contribution in [3.8, 4) is 0 Å². The summed E-state index contributed by atoms with van der Waals surface area (Å²) in [5.74, 6) is -0.506. The van der Waals surface area contributed by atoms with Crippen LogP contribution >= 0.6 is 0 Å². The average molecular weight is 253 g/mol. The molecule has 1 aromatic heterocycles. The zero-order valence-corrected chi connectivity index (χ0v) is 11.1. The molecule has 5 heteroatoms. The van der Waals surface area contributed by atoms with Gasteiger partial charge in [-0.1, -0.05) is 13.8 Å². The highest BCUT2D eigenvalue weighted by Gasteiger charge is 2.24. The number of rotatable bonds is 5. The standard InChI is InChI=1S/C13H19NO4/c1-7(2)5-10(13(16)17)14-12(15)11-8(3)6-9(4)18-11/h6-7,10H,5H2,1-4H3,(H,14,15)(H,16,17)/t10-/m0/s1. The molecule has 5 nitrogen and oxygen atoms in total. The highest BCUT2D eigenvalue weighted by molar-refractivity contribution is 5.95. The minimum absolute atomic E-state index is 0.183. The normalized spacial score (nSPS) is 12.5. The fourth-order valence-corrected chi connectivity index (χ4v) is 1.78. The summed E-state index contributed by atoms with van der Waals surface area (Å²) in [5.41, 5.74) is 0.707. The largest absolute Gasteiger partial charge is 0.480 e. The summed E-state index contributed by atoms with van der Waals surface area (Å²) in [6.45, 7) is 7.31. The number of aryl methyl sites for hydroxylation is 2. The quantitative estimate of drug-likeness (QED) is 0.842. The number of carboxylic acids is 1. The van der Waals surface area contributed by atoms with E-state index >= 15 is 0 Å². The number of nitrogens with one attached hydrogen (secondary N) is 1. The van der Waals surface area contributed by atoms with Gasteiger partial charge in [-0.05, 0) is 32.3 Å². The molecule has 0 radical (unpaired) electrons. The molecule has 0 aromatic carbocycles. The minimum atomic E-state index is -1.03. The molecule has 0 aliphatic heterocycles. The number of amides is 1. The number of carbonyl (C=O) groups excluding carboxylic acids is 1. The van der Waals surface area contributed by atoms with E-state index in [2.05, 4.69) is 5.32 Å². The van der Waals surface area contributed by atoms with Gasteiger partial charge in [-0.2, -0.15) is 0 Å². The number of carboxylic acid groups (broad SMARTS) is 1. The van der Waals surface area contributed by atoms with Gasteiger partial charge in [0.1, 0.15) is 11.8 Å². The highest BCUT2D eigenvalue weighted by Crippen LogP contribution is 2.14. The molecule has 0 saturated carbocycles. The third kappa shape index (κ3) is 3.61. The van der Waals surface area contributed by atoms with Gasteiger partial charge >= 0.3 is 5.97 Å². The van der Waals surface area contributed by atoms with Gasteiger partial charge in [0.15, 0.2) is 5.76 Å². The van der Waals surface area contributed by atoms with Gasteiger partial charge < -0.3 is 14.8 Å².